The maximum Gasteiger partial charge on any atom is 0.264 e. The van der Waals surface area contributed by atoms with Crippen LogP contribution in [0.1, 0.15) is 29.9 Å². The SMILES string of the molecule is CC[C@@H](C)NC(=O)CN1CCN(C(=O)c2cc3ccccc3s2)CC1. The van der Waals surface area contributed by atoms with Crippen molar-refractivity contribution < 1.29 is 9.59 Å². The highest BCUT2D eigenvalue weighted by atomic mass is 32.1. The molecular formula is C19H25N3O2S. The first-order valence-electron chi connectivity index (χ1n) is 8.86. The topological polar surface area (TPSA) is 52.7 Å². The molecular weight excluding hydrogens is 334 g/mol. The van der Waals surface area contributed by atoms with Crippen LogP contribution in [0.5, 0.6) is 0 Å². The molecule has 1 saturated heterocycles. The highest BCUT2D eigenvalue weighted by Gasteiger charge is 2.24. The van der Waals surface area contributed by atoms with Gasteiger partial charge in [-0.2, -0.15) is 0 Å². The number of carbonyl (C=O) groups is 2. The van der Waals surface area contributed by atoms with E-state index in [1.54, 1.807) is 11.3 Å². The third-order valence-electron chi connectivity index (χ3n) is 4.68. The summed E-state index contributed by atoms with van der Waals surface area (Å²) in [7, 11) is 0. The Morgan fingerprint density at radius 3 is 2.60 bits per heavy atom. The number of amides is 2. The minimum atomic E-state index is 0.0682. The zero-order chi connectivity index (χ0) is 17.8. The molecule has 1 fully saturated rings. The molecule has 2 heterocycles. The van der Waals surface area contributed by atoms with Gasteiger partial charge in [0.15, 0.2) is 0 Å². The van der Waals surface area contributed by atoms with Gasteiger partial charge in [-0.05, 0) is 30.9 Å². The molecule has 0 unspecified atom stereocenters. The van der Waals surface area contributed by atoms with E-state index >= 15 is 0 Å². The second kappa shape index (κ2) is 7.97. The molecule has 0 spiro atoms. The maximum atomic E-state index is 12.7. The Bertz CT molecular complexity index is 717. The molecule has 134 valence electrons. The van der Waals surface area contributed by atoms with Crippen LogP contribution in [0.25, 0.3) is 10.1 Å². The van der Waals surface area contributed by atoms with Gasteiger partial charge in [0.1, 0.15) is 0 Å². The Balaban J connectivity index is 1.53. The molecule has 1 aromatic carbocycles. The van der Waals surface area contributed by atoms with Crippen LogP contribution in [0.4, 0.5) is 0 Å². The van der Waals surface area contributed by atoms with Crippen molar-refractivity contribution in [3.8, 4) is 0 Å². The fourth-order valence-corrected chi connectivity index (χ4v) is 4.01. The molecule has 1 aliphatic rings. The summed E-state index contributed by atoms with van der Waals surface area (Å²) in [5.74, 6) is 0.170. The van der Waals surface area contributed by atoms with E-state index < -0.39 is 0 Å². The summed E-state index contributed by atoms with van der Waals surface area (Å²) in [6.07, 6.45) is 0.934. The van der Waals surface area contributed by atoms with E-state index in [1.807, 2.05) is 42.2 Å². The van der Waals surface area contributed by atoms with Crippen LogP contribution >= 0.6 is 11.3 Å². The van der Waals surface area contributed by atoms with Crippen molar-refractivity contribution in [2.24, 2.45) is 0 Å². The van der Waals surface area contributed by atoms with E-state index in [0.717, 1.165) is 34.5 Å². The Hall–Kier alpha value is -1.92. The van der Waals surface area contributed by atoms with Crippen LogP contribution in [0.3, 0.4) is 0 Å². The van der Waals surface area contributed by atoms with Crippen LogP contribution in [0.15, 0.2) is 30.3 Å². The van der Waals surface area contributed by atoms with Gasteiger partial charge < -0.3 is 10.2 Å². The zero-order valence-corrected chi connectivity index (χ0v) is 15.6. The number of fused-ring (bicyclic) bond motifs is 1. The Kier molecular flexibility index (Phi) is 5.71. The van der Waals surface area contributed by atoms with E-state index in [0.29, 0.717) is 19.6 Å². The van der Waals surface area contributed by atoms with Gasteiger partial charge in [-0.1, -0.05) is 25.1 Å². The first-order valence-corrected chi connectivity index (χ1v) is 9.68. The van der Waals surface area contributed by atoms with Crippen molar-refractivity contribution in [1.29, 1.82) is 0 Å². The van der Waals surface area contributed by atoms with E-state index in [4.69, 9.17) is 0 Å². The van der Waals surface area contributed by atoms with Gasteiger partial charge in [0, 0.05) is 36.9 Å². The van der Waals surface area contributed by atoms with Crippen molar-refractivity contribution in [1.82, 2.24) is 15.1 Å². The number of hydrogen-bond donors (Lipinski definition) is 1. The van der Waals surface area contributed by atoms with Crippen molar-refractivity contribution >= 4 is 33.2 Å². The number of piperazine rings is 1. The average Bonchev–Trinajstić information content (AvgIpc) is 3.05. The van der Waals surface area contributed by atoms with Gasteiger partial charge >= 0.3 is 0 Å². The monoisotopic (exact) mass is 359 g/mol. The smallest absolute Gasteiger partial charge is 0.264 e. The lowest BCUT2D eigenvalue weighted by Gasteiger charge is -2.34. The highest BCUT2D eigenvalue weighted by molar-refractivity contribution is 7.20. The molecule has 25 heavy (non-hydrogen) atoms. The lowest BCUT2D eigenvalue weighted by molar-refractivity contribution is -0.123. The van der Waals surface area contributed by atoms with Gasteiger partial charge in [0.05, 0.1) is 11.4 Å². The number of carbonyl (C=O) groups excluding carboxylic acids is 2. The molecule has 1 aliphatic heterocycles. The highest BCUT2D eigenvalue weighted by Crippen LogP contribution is 2.26. The van der Waals surface area contributed by atoms with Crippen LogP contribution < -0.4 is 5.32 Å². The molecule has 2 aromatic rings. The lowest BCUT2D eigenvalue weighted by atomic mass is 10.2. The Morgan fingerprint density at radius 1 is 1.20 bits per heavy atom. The fraction of sp³-hybridized carbons (Fsp3) is 0.474. The number of nitrogens with one attached hydrogen (secondary N) is 1. The molecule has 1 atom stereocenters. The van der Waals surface area contributed by atoms with E-state index in [9.17, 15) is 9.59 Å². The van der Waals surface area contributed by atoms with Gasteiger partial charge in [0.2, 0.25) is 5.91 Å². The quantitative estimate of drug-likeness (QED) is 0.893. The van der Waals surface area contributed by atoms with Crippen molar-refractivity contribution in [3.63, 3.8) is 0 Å². The summed E-state index contributed by atoms with van der Waals surface area (Å²) >= 11 is 1.55. The summed E-state index contributed by atoms with van der Waals surface area (Å²) < 4.78 is 1.14. The van der Waals surface area contributed by atoms with Gasteiger partial charge in [-0.25, -0.2) is 0 Å². The molecule has 0 aliphatic carbocycles. The van der Waals surface area contributed by atoms with Gasteiger partial charge in [-0.3, -0.25) is 14.5 Å². The third kappa shape index (κ3) is 4.38. The summed E-state index contributed by atoms with van der Waals surface area (Å²) in [5.41, 5.74) is 0. The van der Waals surface area contributed by atoms with Crippen LogP contribution in [0, 0.1) is 0 Å². The molecule has 0 saturated carbocycles. The fourth-order valence-electron chi connectivity index (χ4n) is 2.98. The Labute approximate surface area is 152 Å². The molecule has 6 heteroatoms. The zero-order valence-electron chi connectivity index (χ0n) is 14.8. The second-order valence-corrected chi connectivity index (χ2v) is 7.68. The van der Waals surface area contributed by atoms with Crippen LogP contribution in [-0.4, -0.2) is 60.4 Å². The molecule has 3 rings (SSSR count). The van der Waals surface area contributed by atoms with Crippen molar-refractivity contribution in [2.45, 2.75) is 26.3 Å². The minimum absolute atomic E-state index is 0.0682. The second-order valence-electron chi connectivity index (χ2n) is 6.59. The largest absolute Gasteiger partial charge is 0.353 e. The number of benzene rings is 1. The molecule has 1 aromatic heterocycles. The van der Waals surface area contributed by atoms with E-state index in [2.05, 4.69) is 17.1 Å². The first kappa shape index (κ1) is 17.9. The minimum Gasteiger partial charge on any atom is -0.353 e. The number of nitrogens with zero attached hydrogens (tertiary/aromatic N) is 2. The molecule has 1 N–H and O–H groups in total. The van der Waals surface area contributed by atoms with Crippen LogP contribution in [-0.2, 0) is 4.79 Å². The number of thiophene rings is 1. The number of rotatable bonds is 5. The summed E-state index contributed by atoms with van der Waals surface area (Å²) in [5, 5.41) is 4.11. The van der Waals surface area contributed by atoms with E-state index in [-0.39, 0.29) is 17.9 Å². The van der Waals surface area contributed by atoms with Crippen molar-refractivity contribution in [3.05, 3.63) is 35.2 Å². The number of hydrogen-bond acceptors (Lipinski definition) is 4. The average molecular weight is 359 g/mol. The summed E-state index contributed by atoms with van der Waals surface area (Å²) in [4.78, 5) is 29.5. The predicted molar refractivity (Wildman–Crippen MR) is 102 cm³/mol. The third-order valence-corrected chi connectivity index (χ3v) is 5.79. The normalized spacial score (nSPS) is 16.8. The Morgan fingerprint density at radius 2 is 1.92 bits per heavy atom. The van der Waals surface area contributed by atoms with Crippen LogP contribution in [0.2, 0.25) is 0 Å². The lowest BCUT2D eigenvalue weighted by Crippen LogP contribution is -2.51. The van der Waals surface area contributed by atoms with Gasteiger partial charge in [-0.15, -0.1) is 11.3 Å². The van der Waals surface area contributed by atoms with E-state index in [1.165, 1.54) is 0 Å². The standard InChI is InChI=1S/C19H25N3O2S/c1-3-14(2)20-18(23)13-21-8-10-22(11-9-21)19(24)17-12-15-6-4-5-7-16(15)25-17/h4-7,12,14H,3,8-11,13H2,1-2H3,(H,20,23)/t14-/m1/s1. The summed E-state index contributed by atoms with van der Waals surface area (Å²) in [6.45, 7) is 7.31. The predicted octanol–water partition coefficient (Wildman–Crippen LogP) is 2.57. The molecule has 0 radical (unpaired) electrons. The molecule has 2 amide bonds. The first-order chi connectivity index (χ1) is 12.1. The van der Waals surface area contributed by atoms with Gasteiger partial charge in [0.25, 0.3) is 5.91 Å². The molecule has 5 nitrogen and oxygen atoms in total. The molecule has 0 bridgehead atoms. The van der Waals surface area contributed by atoms with Crippen molar-refractivity contribution in [2.75, 3.05) is 32.7 Å². The summed E-state index contributed by atoms with van der Waals surface area (Å²) in [6, 6.07) is 10.3. The maximum absolute atomic E-state index is 12.7.